The van der Waals surface area contributed by atoms with Gasteiger partial charge in [-0.05, 0) is 29.0 Å². The third-order valence-electron chi connectivity index (χ3n) is 2.73. The van der Waals surface area contributed by atoms with E-state index in [1.807, 2.05) is 0 Å². The first kappa shape index (κ1) is 14.2. The van der Waals surface area contributed by atoms with Crippen LogP contribution in [0, 0.1) is 0 Å². The number of aromatic hydroxyl groups is 1. The number of carbonyl (C=O) groups is 1. The van der Waals surface area contributed by atoms with E-state index in [4.69, 9.17) is 0 Å². The molecule has 20 heavy (non-hydrogen) atoms. The van der Waals surface area contributed by atoms with Crippen LogP contribution in [0.5, 0.6) is 5.75 Å². The molecule has 2 rings (SSSR count). The number of fused-ring (bicyclic) bond motifs is 1. The molecule has 0 aliphatic heterocycles. The van der Waals surface area contributed by atoms with Crippen LogP contribution in [0.2, 0.25) is 0 Å². The third kappa shape index (κ3) is 2.31. The molecule has 0 atom stereocenters. The Morgan fingerprint density at radius 1 is 0.900 bits per heavy atom. The SMILES string of the molecule is O=C(c1ccc2cc(O)ccc2c1)C(F)(F)C(F)(F)F. The van der Waals surface area contributed by atoms with Crippen molar-refractivity contribution in [2.75, 3.05) is 0 Å². The van der Waals surface area contributed by atoms with Crippen LogP contribution in [0.4, 0.5) is 22.0 Å². The summed E-state index contributed by atoms with van der Waals surface area (Å²) in [6.07, 6.45) is -5.94. The highest BCUT2D eigenvalue weighted by Crippen LogP contribution is 2.38. The molecule has 0 spiro atoms. The largest absolute Gasteiger partial charge is 0.508 e. The van der Waals surface area contributed by atoms with E-state index in [0.717, 1.165) is 12.1 Å². The first-order valence-electron chi connectivity index (χ1n) is 5.35. The molecule has 0 aliphatic carbocycles. The number of alkyl halides is 5. The average Bonchev–Trinajstić information content (AvgIpc) is 2.35. The van der Waals surface area contributed by atoms with E-state index in [2.05, 4.69) is 0 Å². The molecule has 2 nitrogen and oxygen atoms in total. The number of hydrogen-bond donors (Lipinski definition) is 1. The molecule has 0 saturated heterocycles. The number of ketones is 1. The summed E-state index contributed by atoms with van der Waals surface area (Å²) in [5.41, 5.74) is -0.745. The van der Waals surface area contributed by atoms with Gasteiger partial charge >= 0.3 is 12.1 Å². The fourth-order valence-corrected chi connectivity index (χ4v) is 1.68. The van der Waals surface area contributed by atoms with Gasteiger partial charge in [0.1, 0.15) is 5.75 Å². The zero-order chi connectivity index (χ0) is 15.1. The minimum Gasteiger partial charge on any atom is -0.508 e. The lowest BCUT2D eigenvalue weighted by Gasteiger charge is -2.18. The zero-order valence-electron chi connectivity index (χ0n) is 9.71. The number of hydrogen-bond acceptors (Lipinski definition) is 2. The van der Waals surface area contributed by atoms with Crippen LogP contribution >= 0.6 is 0 Å². The quantitative estimate of drug-likeness (QED) is 0.672. The van der Waals surface area contributed by atoms with E-state index in [1.54, 1.807) is 0 Å². The van der Waals surface area contributed by atoms with Crippen molar-refractivity contribution >= 4 is 16.6 Å². The third-order valence-corrected chi connectivity index (χ3v) is 2.73. The van der Waals surface area contributed by atoms with Gasteiger partial charge in [-0.15, -0.1) is 0 Å². The van der Waals surface area contributed by atoms with Gasteiger partial charge in [0.25, 0.3) is 0 Å². The van der Waals surface area contributed by atoms with Crippen molar-refractivity contribution in [2.24, 2.45) is 0 Å². The highest BCUT2D eigenvalue weighted by molar-refractivity contribution is 6.04. The summed E-state index contributed by atoms with van der Waals surface area (Å²) >= 11 is 0. The van der Waals surface area contributed by atoms with Crippen LogP contribution in [0.3, 0.4) is 0 Å². The maximum Gasteiger partial charge on any atom is 0.461 e. The first-order chi connectivity index (χ1) is 9.13. The van der Waals surface area contributed by atoms with E-state index in [9.17, 15) is 31.9 Å². The van der Waals surface area contributed by atoms with Crippen molar-refractivity contribution in [3.63, 3.8) is 0 Å². The number of carbonyl (C=O) groups excluding carboxylic acids is 1. The average molecular weight is 290 g/mol. The first-order valence-corrected chi connectivity index (χ1v) is 5.35. The second kappa shape index (κ2) is 4.43. The van der Waals surface area contributed by atoms with Crippen molar-refractivity contribution < 1.29 is 31.9 Å². The van der Waals surface area contributed by atoms with Gasteiger partial charge in [-0.25, -0.2) is 0 Å². The second-order valence-corrected chi connectivity index (χ2v) is 4.15. The number of phenolic OH excluding ortho intramolecular Hbond substituents is 1. The molecular weight excluding hydrogens is 283 g/mol. The van der Waals surface area contributed by atoms with Gasteiger partial charge in [0.15, 0.2) is 0 Å². The van der Waals surface area contributed by atoms with Crippen LogP contribution in [0.25, 0.3) is 10.8 Å². The topological polar surface area (TPSA) is 37.3 Å². The maximum atomic E-state index is 13.0. The Morgan fingerprint density at radius 2 is 1.45 bits per heavy atom. The van der Waals surface area contributed by atoms with Crippen LogP contribution < -0.4 is 0 Å². The smallest absolute Gasteiger partial charge is 0.461 e. The summed E-state index contributed by atoms with van der Waals surface area (Å²) in [5, 5.41) is 9.89. The Bertz CT molecular complexity index is 676. The van der Waals surface area contributed by atoms with Crippen LogP contribution in [-0.4, -0.2) is 23.0 Å². The predicted molar refractivity (Wildman–Crippen MR) is 60.9 cm³/mol. The molecule has 0 unspecified atom stereocenters. The monoisotopic (exact) mass is 290 g/mol. The standard InChI is InChI=1S/C13H7F5O2/c14-12(15,13(16,17)18)11(20)9-2-1-8-6-10(19)4-3-7(8)5-9/h1-6,19H. The molecule has 2 aromatic rings. The van der Waals surface area contributed by atoms with Crippen molar-refractivity contribution in [3.05, 3.63) is 42.0 Å². The molecule has 0 aliphatic rings. The molecule has 2 aromatic carbocycles. The molecule has 0 aromatic heterocycles. The van der Waals surface area contributed by atoms with Gasteiger partial charge in [0.05, 0.1) is 0 Å². The van der Waals surface area contributed by atoms with Gasteiger partial charge in [0, 0.05) is 5.56 Å². The summed E-state index contributed by atoms with van der Waals surface area (Å²) in [7, 11) is 0. The maximum absolute atomic E-state index is 13.0. The second-order valence-electron chi connectivity index (χ2n) is 4.15. The van der Waals surface area contributed by atoms with Crippen molar-refractivity contribution in [1.82, 2.24) is 0 Å². The van der Waals surface area contributed by atoms with Gasteiger partial charge in [-0.2, -0.15) is 22.0 Å². The summed E-state index contributed by atoms with van der Waals surface area (Å²) in [4.78, 5) is 11.3. The zero-order valence-corrected chi connectivity index (χ0v) is 9.71. The Hall–Kier alpha value is -2.18. The van der Waals surface area contributed by atoms with Gasteiger partial charge in [0.2, 0.25) is 5.78 Å². The summed E-state index contributed by atoms with van der Waals surface area (Å²) in [6.45, 7) is 0. The predicted octanol–water partition coefficient (Wildman–Crippen LogP) is 3.93. The molecule has 106 valence electrons. The molecule has 0 amide bonds. The fraction of sp³-hybridized carbons (Fsp3) is 0.154. The van der Waals surface area contributed by atoms with Crippen LogP contribution in [-0.2, 0) is 0 Å². The molecule has 0 fully saturated rings. The van der Waals surface area contributed by atoms with E-state index in [0.29, 0.717) is 5.39 Å². The van der Waals surface area contributed by atoms with E-state index in [1.165, 1.54) is 24.3 Å². The number of rotatable bonds is 2. The van der Waals surface area contributed by atoms with Gasteiger partial charge in [-0.3, -0.25) is 4.79 Å². The Balaban J connectivity index is 2.49. The fourth-order valence-electron chi connectivity index (χ4n) is 1.68. The van der Waals surface area contributed by atoms with Crippen molar-refractivity contribution in [2.45, 2.75) is 12.1 Å². The van der Waals surface area contributed by atoms with E-state index >= 15 is 0 Å². The molecule has 0 saturated carbocycles. The molecule has 0 bridgehead atoms. The van der Waals surface area contributed by atoms with Crippen LogP contribution in [0.15, 0.2) is 36.4 Å². The van der Waals surface area contributed by atoms with Crippen molar-refractivity contribution in [3.8, 4) is 5.75 Å². The van der Waals surface area contributed by atoms with Gasteiger partial charge < -0.3 is 5.11 Å². The summed E-state index contributed by atoms with van der Waals surface area (Å²) in [5.74, 6) is -7.82. The van der Waals surface area contributed by atoms with Crippen molar-refractivity contribution in [1.29, 1.82) is 0 Å². The Labute approximate surface area is 109 Å². The highest BCUT2D eigenvalue weighted by Gasteiger charge is 2.63. The minimum atomic E-state index is -5.94. The number of benzene rings is 2. The lowest BCUT2D eigenvalue weighted by atomic mass is 10.0. The summed E-state index contributed by atoms with van der Waals surface area (Å²) in [6, 6.07) is 6.83. The molecule has 0 heterocycles. The minimum absolute atomic E-state index is 0.0859. The van der Waals surface area contributed by atoms with Gasteiger partial charge in [-0.1, -0.05) is 18.2 Å². The molecule has 0 radical (unpaired) electrons. The molecular formula is C13H7F5O2. The highest BCUT2D eigenvalue weighted by atomic mass is 19.4. The number of Topliss-reactive ketones (excluding diaryl/α,β-unsaturated/α-hetero) is 1. The molecule has 7 heteroatoms. The van der Waals surface area contributed by atoms with E-state index in [-0.39, 0.29) is 11.1 Å². The lowest BCUT2D eigenvalue weighted by Crippen LogP contribution is -2.44. The summed E-state index contributed by atoms with van der Waals surface area (Å²) < 4.78 is 62.3. The normalized spacial score (nSPS) is 12.7. The number of phenols is 1. The number of halogens is 5. The Kier molecular flexibility index (Phi) is 3.15. The van der Waals surface area contributed by atoms with Crippen LogP contribution in [0.1, 0.15) is 10.4 Å². The Morgan fingerprint density at radius 3 is 2.05 bits per heavy atom. The molecule has 1 N–H and O–H groups in total. The lowest BCUT2D eigenvalue weighted by molar-refractivity contribution is -0.255. The van der Waals surface area contributed by atoms with E-state index < -0.39 is 23.4 Å².